The lowest BCUT2D eigenvalue weighted by Crippen LogP contribution is -3.00. The van der Waals surface area contributed by atoms with Gasteiger partial charge in [0.2, 0.25) is 0 Å². The van der Waals surface area contributed by atoms with E-state index < -0.39 is 11.2 Å². The van der Waals surface area contributed by atoms with Gasteiger partial charge in [0, 0.05) is 25.0 Å². The van der Waals surface area contributed by atoms with Crippen molar-refractivity contribution in [3.05, 3.63) is 60.0 Å². The number of rotatable bonds is 6. The minimum absolute atomic E-state index is 0. The van der Waals surface area contributed by atoms with E-state index in [9.17, 15) is 14.0 Å². The van der Waals surface area contributed by atoms with Gasteiger partial charge >= 0.3 is 5.97 Å². The van der Waals surface area contributed by atoms with Crippen LogP contribution in [0.25, 0.3) is 0 Å². The zero-order valence-corrected chi connectivity index (χ0v) is 21.4. The lowest BCUT2D eigenvalue weighted by Gasteiger charge is -2.52. The predicted octanol–water partition coefficient (Wildman–Crippen LogP) is 1.61. The molecule has 194 valence electrons. The van der Waals surface area contributed by atoms with Crippen molar-refractivity contribution >= 4 is 17.7 Å². The van der Waals surface area contributed by atoms with E-state index in [0.717, 1.165) is 70.0 Å². The minimum atomic E-state index is -0.581. The molecule has 1 amide bonds. The summed E-state index contributed by atoms with van der Waals surface area (Å²) < 4.78 is 20.9. The number of quaternary nitrogens is 1. The highest BCUT2D eigenvalue weighted by Crippen LogP contribution is 2.42. The van der Waals surface area contributed by atoms with Gasteiger partial charge in [-0.1, -0.05) is 56.0 Å². The molecule has 1 aromatic heterocycles. The van der Waals surface area contributed by atoms with Crippen molar-refractivity contribution in [3.63, 3.8) is 0 Å². The Morgan fingerprint density at radius 3 is 2.39 bits per heavy atom. The number of ether oxygens (including phenoxy) is 1. The molecule has 0 spiro atoms. The molecule has 4 aliphatic rings. The molecule has 6 nitrogen and oxygen atoms in total. The third-order valence-corrected chi connectivity index (χ3v) is 8.47. The largest absolute Gasteiger partial charge is 1.00 e. The topological polar surface area (TPSA) is 68.3 Å². The third-order valence-electron chi connectivity index (χ3n) is 8.47. The predicted molar refractivity (Wildman–Crippen MR) is 131 cm³/mol. The number of nitrogens with zero attached hydrogens (tertiary/aromatic N) is 2. The van der Waals surface area contributed by atoms with E-state index in [1.165, 1.54) is 18.3 Å². The number of pyridine rings is 1. The number of carbonyl (C=O) groups is 2. The number of aromatic nitrogens is 1. The number of esters is 1. The average Bonchev–Trinajstić information content (AvgIpc) is 3.14. The Morgan fingerprint density at radius 1 is 1.03 bits per heavy atom. The molecule has 2 aromatic rings. The monoisotopic (exact) mass is 515 g/mol. The molecular weight excluding hydrogens is 481 g/mol. The van der Waals surface area contributed by atoms with Crippen LogP contribution < -0.4 is 17.7 Å². The molecule has 3 saturated heterocycles. The molecule has 0 radical (unpaired) electrons. The van der Waals surface area contributed by atoms with Gasteiger partial charge in [0.25, 0.3) is 5.91 Å². The molecule has 2 bridgehead atoms. The van der Waals surface area contributed by atoms with Crippen LogP contribution >= 0.6 is 0 Å². The molecule has 8 heteroatoms. The molecule has 1 saturated carbocycles. The number of anilines is 1. The molecule has 4 heterocycles. The quantitative estimate of drug-likeness (QED) is 0.360. The Bertz CT molecular complexity index is 1050. The van der Waals surface area contributed by atoms with Gasteiger partial charge in [-0.15, -0.1) is 0 Å². The normalized spacial score (nSPS) is 26.8. The Labute approximate surface area is 218 Å². The first-order valence-electron chi connectivity index (χ1n) is 13.0. The van der Waals surface area contributed by atoms with Crippen LogP contribution in [-0.2, 0) is 19.7 Å². The summed E-state index contributed by atoms with van der Waals surface area (Å²) in [6, 6.07) is 12.9. The minimum Gasteiger partial charge on any atom is -1.00 e. The van der Waals surface area contributed by atoms with E-state index in [-0.39, 0.29) is 42.8 Å². The number of piperidine rings is 3. The van der Waals surface area contributed by atoms with Crippen LogP contribution in [0.2, 0.25) is 0 Å². The number of benzene rings is 1. The first-order chi connectivity index (χ1) is 17.0. The second-order valence-electron chi connectivity index (χ2n) is 10.7. The van der Waals surface area contributed by atoms with Crippen molar-refractivity contribution in [1.82, 2.24) is 4.98 Å². The van der Waals surface area contributed by atoms with E-state index in [1.807, 2.05) is 18.2 Å². The Morgan fingerprint density at radius 2 is 1.72 bits per heavy atom. The van der Waals surface area contributed by atoms with E-state index in [0.29, 0.717) is 16.9 Å². The van der Waals surface area contributed by atoms with E-state index >= 15 is 0 Å². The van der Waals surface area contributed by atoms with Gasteiger partial charge in [-0.25, -0.2) is 9.37 Å². The highest BCUT2D eigenvalue weighted by Gasteiger charge is 2.51. The van der Waals surface area contributed by atoms with Crippen LogP contribution in [0.1, 0.15) is 56.9 Å². The number of fused-ring (bicyclic) bond motifs is 3. The standard InChI is InChI=1S/C28H34FN3O3.ClH/c29-23-11-8-16-30-26(23)31-25(33)20-32-17-12-21(13-18-32)24(19-32)35-27(34)28(14-6-1-2-7-15-28)22-9-4-3-5-10-22;/h3-5,8-11,16,21,24H,1-2,6-7,12-15,17-20H2;1H/t21?,24-,32?;/m0./s1. The summed E-state index contributed by atoms with van der Waals surface area (Å²) in [4.78, 5) is 30.6. The maximum Gasteiger partial charge on any atom is 0.317 e. The van der Waals surface area contributed by atoms with Crippen LogP contribution in [0.3, 0.4) is 0 Å². The van der Waals surface area contributed by atoms with Crippen LogP contribution in [0.5, 0.6) is 0 Å². The molecule has 4 fully saturated rings. The summed E-state index contributed by atoms with van der Waals surface area (Å²) in [7, 11) is 0. The first-order valence-corrected chi connectivity index (χ1v) is 13.0. The van der Waals surface area contributed by atoms with Gasteiger partial charge in [0.1, 0.15) is 6.54 Å². The van der Waals surface area contributed by atoms with Gasteiger partial charge in [-0.3, -0.25) is 9.59 Å². The highest BCUT2D eigenvalue weighted by molar-refractivity contribution is 5.90. The molecule has 0 unspecified atom stereocenters. The van der Waals surface area contributed by atoms with E-state index in [4.69, 9.17) is 4.74 Å². The molecular formula is C28H35ClFN3O3. The molecule has 1 aliphatic carbocycles. The Balaban J connectivity index is 0.00000304. The van der Waals surface area contributed by atoms with Crippen molar-refractivity contribution in [2.45, 2.75) is 62.9 Å². The summed E-state index contributed by atoms with van der Waals surface area (Å²) in [5.74, 6) is -0.586. The van der Waals surface area contributed by atoms with Gasteiger partial charge < -0.3 is 26.9 Å². The zero-order chi connectivity index (χ0) is 24.3. The summed E-state index contributed by atoms with van der Waals surface area (Å²) in [5.41, 5.74) is 0.483. The van der Waals surface area contributed by atoms with E-state index in [2.05, 4.69) is 22.4 Å². The number of hydrogen-bond donors (Lipinski definition) is 1. The van der Waals surface area contributed by atoms with Crippen molar-refractivity contribution in [3.8, 4) is 0 Å². The average molecular weight is 516 g/mol. The van der Waals surface area contributed by atoms with Crippen molar-refractivity contribution < 1.29 is 35.6 Å². The Kier molecular flexibility index (Phi) is 8.30. The van der Waals surface area contributed by atoms with Crippen LogP contribution in [0, 0.1) is 11.7 Å². The van der Waals surface area contributed by atoms with Crippen LogP contribution in [-0.4, -0.2) is 53.6 Å². The number of amides is 1. The SMILES string of the molecule is O=C(C[N+]12CCC(CC1)[C@@H](OC(=O)C1(c3ccccc3)CCCCCC1)C2)Nc1ncccc1F.[Cl-]. The van der Waals surface area contributed by atoms with Crippen molar-refractivity contribution in [2.75, 3.05) is 31.5 Å². The molecule has 6 rings (SSSR count). The summed E-state index contributed by atoms with van der Waals surface area (Å²) >= 11 is 0. The molecule has 36 heavy (non-hydrogen) atoms. The fraction of sp³-hybridized carbons (Fsp3) is 0.536. The summed E-state index contributed by atoms with van der Waals surface area (Å²) in [6.45, 7) is 2.63. The molecule has 1 aromatic carbocycles. The van der Waals surface area contributed by atoms with Gasteiger partial charge in [-0.05, 0) is 30.5 Å². The summed E-state index contributed by atoms with van der Waals surface area (Å²) in [6.07, 6.45) is 9.15. The lowest BCUT2D eigenvalue weighted by atomic mass is 9.74. The number of halogens is 2. The van der Waals surface area contributed by atoms with Crippen molar-refractivity contribution in [2.24, 2.45) is 5.92 Å². The van der Waals surface area contributed by atoms with Gasteiger partial charge in [-0.2, -0.15) is 0 Å². The smallest absolute Gasteiger partial charge is 0.317 e. The second-order valence-corrected chi connectivity index (χ2v) is 10.7. The number of hydrogen-bond acceptors (Lipinski definition) is 4. The number of nitrogens with one attached hydrogen (secondary N) is 1. The van der Waals surface area contributed by atoms with Crippen molar-refractivity contribution in [1.29, 1.82) is 0 Å². The van der Waals surface area contributed by atoms with E-state index in [1.54, 1.807) is 0 Å². The fourth-order valence-corrected chi connectivity index (χ4v) is 6.48. The lowest BCUT2D eigenvalue weighted by molar-refractivity contribution is -0.939. The van der Waals surface area contributed by atoms with Crippen LogP contribution in [0.15, 0.2) is 48.7 Å². The molecule has 3 aliphatic heterocycles. The molecule has 1 N–H and O–H groups in total. The fourth-order valence-electron chi connectivity index (χ4n) is 6.48. The second kappa shape index (κ2) is 11.3. The van der Waals surface area contributed by atoms with Crippen LogP contribution in [0.4, 0.5) is 10.2 Å². The maximum absolute atomic E-state index is 14.0. The first kappa shape index (κ1) is 26.6. The maximum atomic E-state index is 14.0. The third kappa shape index (κ3) is 5.42. The van der Waals surface area contributed by atoms with Gasteiger partial charge in [0.05, 0.1) is 18.5 Å². The highest BCUT2D eigenvalue weighted by atomic mass is 35.5. The number of carbonyl (C=O) groups excluding carboxylic acids is 2. The molecule has 1 atom stereocenters. The zero-order valence-electron chi connectivity index (χ0n) is 20.6. The van der Waals surface area contributed by atoms with Gasteiger partial charge in [0.15, 0.2) is 24.3 Å². The Hall–Kier alpha value is -2.51. The summed E-state index contributed by atoms with van der Waals surface area (Å²) in [5, 5.41) is 2.63.